The van der Waals surface area contributed by atoms with Gasteiger partial charge < -0.3 is 4.74 Å². The van der Waals surface area contributed by atoms with Crippen LogP contribution in [0.1, 0.15) is 6.92 Å². The van der Waals surface area contributed by atoms with Gasteiger partial charge in [0.2, 0.25) is 0 Å². The third-order valence-electron chi connectivity index (χ3n) is 3.36. The number of hydrogen-bond acceptors (Lipinski definition) is 4. The lowest BCUT2D eigenvalue weighted by atomic mass is 10.2. The zero-order valence-electron chi connectivity index (χ0n) is 13.2. The number of aromatic nitrogens is 2. The minimum absolute atomic E-state index is 0.330. The fourth-order valence-corrected chi connectivity index (χ4v) is 2.33. The van der Waals surface area contributed by atoms with Crippen LogP contribution >= 0.6 is 0 Å². The fraction of sp³-hybridized carbons (Fsp3) is 0.0500. The number of ether oxygens (including phenoxy) is 1. The van der Waals surface area contributed by atoms with Gasteiger partial charge in [0, 0.05) is 30.1 Å². The van der Waals surface area contributed by atoms with Crippen LogP contribution in [-0.4, -0.2) is 15.9 Å². The molecule has 0 atom stereocenters. The number of carbonyl (C=O) groups is 1. The minimum atomic E-state index is -0.330. The molecule has 2 aromatic carbocycles. The Morgan fingerprint density at radius 3 is 2.25 bits per heavy atom. The number of para-hydroxylation sites is 2. The summed E-state index contributed by atoms with van der Waals surface area (Å²) in [5, 5.41) is 2.16. The number of carbonyl (C=O) groups excluding carboxylic acids is 1. The van der Waals surface area contributed by atoms with E-state index in [-0.39, 0.29) is 5.97 Å². The Morgan fingerprint density at radius 2 is 1.46 bits per heavy atom. The van der Waals surface area contributed by atoms with Gasteiger partial charge in [-0.3, -0.25) is 14.8 Å². The molecule has 0 fully saturated rings. The highest BCUT2D eigenvalue weighted by Gasteiger charge is 2.03. The van der Waals surface area contributed by atoms with Gasteiger partial charge in [-0.05, 0) is 24.3 Å². The third-order valence-corrected chi connectivity index (χ3v) is 3.36. The van der Waals surface area contributed by atoms with E-state index in [1.165, 1.54) is 12.3 Å². The second-order valence-corrected chi connectivity index (χ2v) is 5.12. The Balaban J connectivity index is 0.000000149. The molecule has 0 radical (unpaired) electrons. The van der Waals surface area contributed by atoms with Crippen molar-refractivity contribution in [3.63, 3.8) is 0 Å². The van der Waals surface area contributed by atoms with E-state index in [0.717, 1.165) is 10.9 Å². The van der Waals surface area contributed by atoms with Crippen LogP contribution in [0.25, 0.3) is 21.8 Å². The Bertz CT molecular complexity index is 912. The number of esters is 1. The lowest BCUT2D eigenvalue weighted by molar-refractivity contribution is -0.131. The summed E-state index contributed by atoms with van der Waals surface area (Å²) in [5.41, 5.74) is 1.77. The Hall–Kier alpha value is -3.27. The lowest BCUT2D eigenvalue weighted by Crippen LogP contribution is -2.02. The van der Waals surface area contributed by atoms with Crippen LogP contribution in [0.3, 0.4) is 0 Å². The van der Waals surface area contributed by atoms with Crippen LogP contribution in [0.4, 0.5) is 0 Å². The predicted molar refractivity (Wildman–Crippen MR) is 94.8 cm³/mol. The lowest BCUT2D eigenvalue weighted by Gasteiger charge is -2.03. The summed E-state index contributed by atoms with van der Waals surface area (Å²) in [6, 6.07) is 21.4. The van der Waals surface area contributed by atoms with Crippen molar-refractivity contribution in [2.24, 2.45) is 0 Å². The van der Waals surface area contributed by atoms with E-state index >= 15 is 0 Å². The van der Waals surface area contributed by atoms with Crippen molar-refractivity contribution in [3.8, 4) is 5.75 Å². The van der Waals surface area contributed by atoms with Gasteiger partial charge in [0.1, 0.15) is 5.52 Å². The van der Waals surface area contributed by atoms with Crippen molar-refractivity contribution in [1.29, 1.82) is 0 Å². The second kappa shape index (κ2) is 7.33. The van der Waals surface area contributed by atoms with E-state index in [1.54, 1.807) is 12.3 Å². The van der Waals surface area contributed by atoms with Crippen molar-refractivity contribution in [2.75, 3.05) is 0 Å². The van der Waals surface area contributed by atoms with Crippen molar-refractivity contribution in [3.05, 3.63) is 79.1 Å². The molecule has 4 aromatic rings. The number of hydrogen-bond donors (Lipinski definition) is 0. The summed E-state index contributed by atoms with van der Waals surface area (Å²) in [6.07, 6.45) is 3.48. The van der Waals surface area contributed by atoms with Gasteiger partial charge in [0.15, 0.2) is 5.75 Å². The number of benzene rings is 2. The zero-order chi connectivity index (χ0) is 16.8. The van der Waals surface area contributed by atoms with Crippen LogP contribution in [-0.2, 0) is 4.79 Å². The molecule has 0 N–H and O–H groups in total. The second-order valence-electron chi connectivity index (χ2n) is 5.12. The van der Waals surface area contributed by atoms with Gasteiger partial charge in [-0.15, -0.1) is 0 Å². The van der Waals surface area contributed by atoms with E-state index in [4.69, 9.17) is 4.74 Å². The standard InChI is InChI=1S/C11H9NO2.C9H7N/c1-8(13)14-10-6-2-4-9-5-3-7-12-11(9)10;1-2-6-9-8(4-1)5-3-7-10-9/h2-7H,1H3;1-7H. The molecule has 4 nitrogen and oxygen atoms in total. The van der Waals surface area contributed by atoms with Crippen LogP contribution < -0.4 is 4.74 Å². The molecular weight excluding hydrogens is 300 g/mol. The van der Waals surface area contributed by atoms with Crippen molar-refractivity contribution < 1.29 is 9.53 Å². The molecule has 0 spiro atoms. The summed E-state index contributed by atoms with van der Waals surface area (Å²) < 4.78 is 5.03. The van der Waals surface area contributed by atoms with Crippen molar-refractivity contribution >= 4 is 27.8 Å². The highest BCUT2D eigenvalue weighted by Crippen LogP contribution is 2.22. The van der Waals surface area contributed by atoms with E-state index < -0.39 is 0 Å². The van der Waals surface area contributed by atoms with Crippen LogP contribution in [0.5, 0.6) is 5.75 Å². The van der Waals surface area contributed by atoms with Gasteiger partial charge in [0.05, 0.1) is 5.52 Å². The van der Waals surface area contributed by atoms with Crippen molar-refractivity contribution in [2.45, 2.75) is 6.92 Å². The molecular formula is C20H16N2O2. The molecule has 0 aliphatic rings. The average Bonchev–Trinajstić information content (AvgIpc) is 2.62. The SMILES string of the molecule is CC(=O)Oc1cccc2cccnc12.c1ccc2ncccc2c1. The summed E-state index contributed by atoms with van der Waals surface area (Å²) in [5.74, 6) is 0.179. The molecule has 0 saturated carbocycles. The number of pyridine rings is 2. The van der Waals surface area contributed by atoms with E-state index in [9.17, 15) is 4.79 Å². The smallest absolute Gasteiger partial charge is 0.308 e. The van der Waals surface area contributed by atoms with E-state index in [0.29, 0.717) is 11.3 Å². The van der Waals surface area contributed by atoms with Gasteiger partial charge >= 0.3 is 5.97 Å². The minimum Gasteiger partial charge on any atom is -0.424 e. The van der Waals surface area contributed by atoms with E-state index in [1.807, 2.05) is 54.7 Å². The maximum Gasteiger partial charge on any atom is 0.308 e. The fourth-order valence-electron chi connectivity index (χ4n) is 2.33. The van der Waals surface area contributed by atoms with Crippen molar-refractivity contribution in [1.82, 2.24) is 9.97 Å². The first-order chi connectivity index (χ1) is 11.7. The molecule has 24 heavy (non-hydrogen) atoms. The van der Waals surface area contributed by atoms with Gasteiger partial charge in [-0.2, -0.15) is 0 Å². The summed E-state index contributed by atoms with van der Waals surface area (Å²) >= 11 is 0. The number of rotatable bonds is 1. The topological polar surface area (TPSA) is 52.1 Å². The van der Waals surface area contributed by atoms with Gasteiger partial charge in [-0.25, -0.2) is 0 Å². The summed E-state index contributed by atoms with van der Waals surface area (Å²) in [4.78, 5) is 19.1. The average molecular weight is 316 g/mol. The maximum absolute atomic E-state index is 10.8. The Morgan fingerprint density at radius 1 is 0.792 bits per heavy atom. The summed E-state index contributed by atoms with van der Waals surface area (Å²) in [6.45, 7) is 1.38. The molecule has 0 aliphatic heterocycles. The first-order valence-electron chi connectivity index (χ1n) is 7.56. The Kier molecular flexibility index (Phi) is 4.77. The van der Waals surface area contributed by atoms with Crippen LogP contribution in [0.15, 0.2) is 79.1 Å². The molecule has 0 amide bonds. The molecule has 0 bridgehead atoms. The maximum atomic E-state index is 10.8. The molecule has 0 aliphatic carbocycles. The first-order valence-corrected chi connectivity index (χ1v) is 7.56. The summed E-state index contributed by atoms with van der Waals surface area (Å²) in [7, 11) is 0. The molecule has 118 valence electrons. The predicted octanol–water partition coefficient (Wildman–Crippen LogP) is 4.39. The quantitative estimate of drug-likeness (QED) is 0.386. The van der Waals surface area contributed by atoms with Gasteiger partial charge in [-0.1, -0.05) is 42.5 Å². The third kappa shape index (κ3) is 3.73. The van der Waals surface area contributed by atoms with Crippen LogP contribution in [0.2, 0.25) is 0 Å². The van der Waals surface area contributed by atoms with Crippen LogP contribution in [0, 0.1) is 0 Å². The highest BCUT2D eigenvalue weighted by molar-refractivity contribution is 5.86. The normalized spacial score (nSPS) is 10.0. The molecule has 0 unspecified atom stereocenters. The molecule has 2 aromatic heterocycles. The molecule has 2 heterocycles. The Labute approximate surface area is 139 Å². The first kappa shape index (κ1) is 15.6. The monoisotopic (exact) mass is 316 g/mol. The molecule has 0 saturated heterocycles. The largest absolute Gasteiger partial charge is 0.424 e. The number of fused-ring (bicyclic) bond motifs is 2. The number of nitrogens with zero attached hydrogens (tertiary/aromatic N) is 2. The molecule has 4 rings (SSSR count). The zero-order valence-corrected chi connectivity index (χ0v) is 13.2. The molecule has 4 heteroatoms. The van der Waals surface area contributed by atoms with Gasteiger partial charge in [0.25, 0.3) is 0 Å². The highest BCUT2D eigenvalue weighted by atomic mass is 16.5. The van der Waals surface area contributed by atoms with E-state index in [2.05, 4.69) is 22.1 Å².